The Balaban J connectivity index is 1.70. The van der Waals surface area contributed by atoms with Crippen molar-refractivity contribution in [3.8, 4) is 0 Å². The lowest BCUT2D eigenvalue weighted by atomic mass is 10.00. The third kappa shape index (κ3) is 4.66. The lowest BCUT2D eigenvalue weighted by Gasteiger charge is -2.26. The predicted molar refractivity (Wildman–Crippen MR) is 129 cm³/mol. The van der Waals surface area contributed by atoms with Crippen LogP contribution in [0.25, 0.3) is 5.70 Å². The lowest BCUT2D eigenvalue weighted by molar-refractivity contribution is 0.627. The first-order chi connectivity index (χ1) is 15.1. The van der Waals surface area contributed by atoms with Gasteiger partial charge < -0.3 is 16.4 Å². The molecule has 7 heteroatoms. The minimum atomic E-state index is -0.309. The molecule has 0 saturated carbocycles. The average Bonchev–Trinajstić information content (AvgIpc) is 2.78. The number of aromatic nitrogens is 1. The zero-order valence-electron chi connectivity index (χ0n) is 17.1. The summed E-state index contributed by atoms with van der Waals surface area (Å²) in [7, 11) is 2.61. The van der Waals surface area contributed by atoms with Gasteiger partial charge in [-0.3, -0.25) is 0 Å². The van der Waals surface area contributed by atoms with Crippen LogP contribution in [0.4, 0.5) is 10.2 Å². The molecule has 0 bridgehead atoms. The molecule has 0 fully saturated rings. The van der Waals surface area contributed by atoms with Gasteiger partial charge in [0.2, 0.25) is 0 Å². The van der Waals surface area contributed by atoms with Crippen LogP contribution in [0.5, 0.6) is 0 Å². The maximum Gasteiger partial charge on any atom is 0.148 e. The van der Waals surface area contributed by atoms with Crippen LogP contribution >= 0.6 is 9.24 Å². The van der Waals surface area contributed by atoms with Crippen molar-refractivity contribution in [2.75, 3.05) is 11.9 Å². The fourth-order valence-corrected chi connectivity index (χ4v) is 4.12. The van der Waals surface area contributed by atoms with Gasteiger partial charge in [0.15, 0.2) is 0 Å². The highest BCUT2D eigenvalue weighted by Gasteiger charge is 2.23. The van der Waals surface area contributed by atoms with E-state index < -0.39 is 0 Å². The molecule has 2 heterocycles. The zero-order chi connectivity index (χ0) is 21.8. The lowest BCUT2D eigenvalue weighted by Crippen LogP contribution is -2.30. The number of pyridine rings is 1. The van der Waals surface area contributed by atoms with E-state index in [1.807, 2.05) is 42.5 Å². The SMILES string of the molecule is C=C(NC1=NC(c2ccccc2)Nc2ncccc21)c1cc(F)cc(P)c1CCCN. The first-order valence-corrected chi connectivity index (χ1v) is 10.7. The Hall–Kier alpha value is -3.08. The molecular weight excluding hydrogens is 408 g/mol. The number of hydrogen-bond donors (Lipinski definition) is 3. The molecule has 4 rings (SSSR count). The number of anilines is 1. The van der Waals surface area contributed by atoms with E-state index in [9.17, 15) is 4.39 Å². The number of rotatable bonds is 6. The van der Waals surface area contributed by atoms with Crippen molar-refractivity contribution in [3.63, 3.8) is 0 Å². The number of fused-ring (bicyclic) bond motifs is 1. The van der Waals surface area contributed by atoms with E-state index in [4.69, 9.17) is 10.7 Å². The topological polar surface area (TPSA) is 75.3 Å². The summed E-state index contributed by atoms with van der Waals surface area (Å²) in [6.07, 6.45) is 3.00. The predicted octanol–water partition coefficient (Wildman–Crippen LogP) is 3.74. The largest absolute Gasteiger partial charge is 0.344 e. The van der Waals surface area contributed by atoms with Gasteiger partial charge in [-0.25, -0.2) is 14.4 Å². The van der Waals surface area contributed by atoms with Gasteiger partial charge in [-0.1, -0.05) is 36.9 Å². The van der Waals surface area contributed by atoms with Crippen molar-refractivity contribution in [3.05, 3.63) is 95.4 Å². The molecule has 2 unspecified atom stereocenters. The van der Waals surface area contributed by atoms with Crippen molar-refractivity contribution in [1.29, 1.82) is 0 Å². The van der Waals surface area contributed by atoms with E-state index >= 15 is 0 Å². The summed E-state index contributed by atoms with van der Waals surface area (Å²) in [4.78, 5) is 9.34. The molecule has 158 valence electrons. The van der Waals surface area contributed by atoms with Gasteiger partial charge in [-0.05, 0) is 60.1 Å². The number of amidine groups is 1. The van der Waals surface area contributed by atoms with Crippen molar-refractivity contribution in [2.45, 2.75) is 19.0 Å². The first-order valence-electron chi connectivity index (χ1n) is 10.2. The molecule has 2 atom stereocenters. The third-order valence-electron chi connectivity index (χ3n) is 5.18. The Bertz CT molecular complexity index is 1130. The molecule has 0 saturated heterocycles. The summed E-state index contributed by atoms with van der Waals surface area (Å²) in [5.74, 6) is 1.06. The standard InChI is InChI=1S/C24H25FN5P/c1-15(20-13-17(25)14-21(31)18(20)9-5-11-26)28-24-19-10-6-12-27-23(19)29-22(30-24)16-7-3-2-4-8-16/h2-4,6-8,10,12-14,22H,1,5,9,11,26,31H2,(H,27,29)(H,28,30). The third-order valence-corrected chi connectivity index (χ3v) is 5.70. The number of nitrogens with one attached hydrogen (secondary N) is 2. The van der Waals surface area contributed by atoms with Crippen LogP contribution in [-0.4, -0.2) is 17.4 Å². The highest BCUT2D eigenvalue weighted by Crippen LogP contribution is 2.29. The van der Waals surface area contributed by atoms with Gasteiger partial charge in [-0.2, -0.15) is 0 Å². The van der Waals surface area contributed by atoms with Gasteiger partial charge in [-0.15, -0.1) is 9.24 Å². The van der Waals surface area contributed by atoms with Crippen LogP contribution in [0.1, 0.15) is 34.8 Å². The Kier molecular flexibility index (Phi) is 6.40. The number of hydrogen-bond acceptors (Lipinski definition) is 5. The highest BCUT2D eigenvalue weighted by atomic mass is 31.0. The number of benzene rings is 2. The first kappa shape index (κ1) is 21.2. The normalized spacial score (nSPS) is 14.9. The average molecular weight is 433 g/mol. The molecule has 2 aromatic carbocycles. The van der Waals surface area contributed by atoms with E-state index in [-0.39, 0.29) is 12.0 Å². The van der Waals surface area contributed by atoms with E-state index in [2.05, 4.69) is 31.4 Å². The number of nitrogens with zero attached hydrogens (tertiary/aromatic N) is 2. The maximum atomic E-state index is 14.2. The van der Waals surface area contributed by atoms with Gasteiger partial charge in [0, 0.05) is 17.5 Å². The fourth-order valence-electron chi connectivity index (χ4n) is 3.66. The zero-order valence-corrected chi connectivity index (χ0v) is 18.3. The summed E-state index contributed by atoms with van der Waals surface area (Å²) in [5, 5.41) is 7.51. The molecule has 0 aliphatic carbocycles. The van der Waals surface area contributed by atoms with Crippen LogP contribution in [-0.2, 0) is 6.42 Å². The second-order valence-corrected chi connectivity index (χ2v) is 7.97. The van der Waals surface area contributed by atoms with E-state index in [0.717, 1.165) is 46.2 Å². The van der Waals surface area contributed by atoms with Crippen LogP contribution in [0.2, 0.25) is 0 Å². The fraction of sp³-hybridized carbons (Fsp3) is 0.167. The van der Waals surface area contributed by atoms with E-state index in [0.29, 0.717) is 18.1 Å². The highest BCUT2D eigenvalue weighted by molar-refractivity contribution is 7.27. The molecule has 5 nitrogen and oxygen atoms in total. The quantitative estimate of drug-likeness (QED) is 0.518. The Morgan fingerprint density at radius 2 is 2.00 bits per heavy atom. The van der Waals surface area contributed by atoms with Crippen molar-refractivity contribution in [2.24, 2.45) is 10.7 Å². The van der Waals surface area contributed by atoms with Gasteiger partial charge >= 0.3 is 0 Å². The summed E-state index contributed by atoms with van der Waals surface area (Å²) in [5.41, 5.74) is 9.87. The smallest absolute Gasteiger partial charge is 0.148 e. The molecule has 0 radical (unpaired) electrons. The Morgan fingerprint density at radius 3 is 2.77 bits per heavy atom. The molecule has 0 amide bonds. The van der Waals surface area contributed by atoms with E-state index in [1.165, 1.54) is 12.1 Å². The summed E-state index contributed by atoms with van der Waals surface area (Å²) < 4.78 is 14.2. The van der Waals surface area contributed by atoms with Crippen LogP contribution in [0, 0.1) is 5.82 Å². The van der Waals surface area contributed by atoms with Crippen LogP contribution < -0.4 is 21.7 Å². The second kappa shape index (κ2) is 9.38. The molecule has 4 N–H and O–H groups in total. The summed E-state index contributed by atoms with van der Waals surface area (Å²) >= 11 is 0. The van der Waals surface area contributed by atoms with Crippen LogP contribution in [0.15, 0.2) is 72.4 Å². The number of aliphatic imine (C=N–C) groups is 1. The maximum absolute atomic E-state index is 14.2. The Morgan fingerprint density at radius 1 is 1.19 bits per heavy atom. The van der Waals surface area contributed by atoms with E-state index in [1.54, 1.807) is 6.20 Å². The summed E-state index contributed by atoms with van der Waals surface area (Å²) in [6.45, 7) is 4.77. The second-order valence-electron chi connectivity index (χ2n) is 7.35. The van der Waals surface area contributed by atoms with Crippen LogP contribution in [0.3, 0.4) is 0 Å². The molecule has 1 aliphatic heterocycles. The number of nitrogens with two attached hydrogens (primary N) is 1. The molecule has 31 heavy (non-hydrogen) atoms. The minimum Gasteiger partial charge on any atom is -0.344 e. The van der Waals surface area contributed by atoms with Gasteiger partial charge in [0.1, 0.15) is 23.6 Å². The number of halogens is 1. The molecular formula is C24H25FN5P. The van der Waals surface area contributed by atoms with Gasteiger partial charge in [0.25, 0.3) is 0 Å². The van der Waals surface area contributed by atoms with Crippen molar-refractivity contribution >= 4 is 31.9 Å². The summed E-state index contributed by atoms with van der Waals surface area (Å²) in [6, 6.07) is 16.8. The monoisotopic (exact) mass is 433 g/mol. The minimum absolute atomic E-state index is 0.291. The molecule has 1 aromatic heterocycles. The Labute approximate surface area is 183 Å². The van der Waals surface area contributed by atoms with Crippen molar-refractivity contribution in [1.82, 2.24) is 10.3 Å². The van der Waals surface area contributed by atoms with Gasteiger partial charge in [0.05, 0.1) is 5.56 Å². The molecule has 0 spiro atoms. The molecule has 1 aliphatic rings. The molecule has 3 aromatic rings. The van der Waals surface area contributed by atoms with Crippen molar-refractivity contribution < 1.29 is 4.39 Å².